The Bertz CT molecular complexity index is 524. The molecule has 2 rings (SSSR count). The Hall–Kier alpha value is -1.69. The van der Waals surface area contributed by atoms with Crippen molar-refractivity contribution >= 4 is 17.3 Å². The SMILES string of the molecule is Cc1ccsc1-c1nc(N)nc(OC(C)C)n1. The number of ether oxygens (including phenoxy) is 1. The normalized spacial score (nSPS) is 10.8. The van der Waals surface area contributed by atoms with Gasteiger partial charge in [0, 0.05) is 0 Å². The fourth-order valence-corrected chi connectivity index (χ4v) is 2.20. The van der Waals surface area contributed by atoms with Gasteiger partial charge >= 0.3 is 6.01 Å². The highest BCUT2D eigenvalue weighted by Crippen LogP contribution is 2.27. The average molecular weight is 250 g/mol. The molecule has 0 fully saturated rings. The zero-order valence-electron chi connectivity index (χ0n) is 9.97. The van der Waals surface area contributed by atoms with Gasteiger partial charge in [-0.2, -0.15) is 15.0 Å². The minimum absolute atomic E-state index is 0.00841. The number of nitrogen functional groups attached to an aromatic ring is 1. The first-order valence-electron chi connectivity index (χ1n) is 5.29. The third-order valence-corrected chi connectivity index (χ3v) is 3.05. The summed E-state index contributed by atoms with van der Waals surface area (Å²) in [5.74, 6) is 0.749. The van der Waals surface area contributed by atoms with Crippen LogP contribution >= 0.6 is 11.3 Å². The molecule has 2 heterocycles. The third-order valence-electron chi connectivity index (χ3n) is 2.04. The van der Waals surface area contributed by atoms with Gasteiger partial charge in [0.05, 0.1) is 11.0 Å². The molecule has 0 spiro atoms. The zero-order chi connectivity index (χ0) is 12.4. The molecule has 2 N–H and O–H groups in total. The third kappa shape index (κ3) is 2.71. The van der Waals surface area contributed by atoms with Gasteiger partial charge in [-0.25, -0.2) is 0 Å². The number of anilines is 1. The second-order valence-corrected chi connectivity index (χ2v) is 4.82. The Morgan fingerprint density at radius 2 is 2.06 bits per heavy atom. The van der Waals surface area contributed by atoms with Gasteiger partial charge in [0.1, 0.15) is 0 Å². The van der Waals surface area contributed by atoms with Crippen LogP contribution < -0.4 is 10.5 Å². The molecular weight excluding hydrogens is 236 g/mol. The van der Waals surface area contributed by atoms with Gasteiger partial charge in [0.25, 0.3) is 0 Å². The lowest BCUT2D eigenvalue weighted by molar-refractivity contribution is 0.222. The average Bonchev–Trinajstić information content (AvgIpc) is 2.62. The van der Waals surface area contributed by atoms with Crippen LogP contribution in [0.5, 0.6) is 6.01 Å². The van der Waals surface area contributed by atoms with Crippen LogP contribution in [0, 0.1) is 6.92 Å². The molecule has 0 aliphatic rings. The second-order valence-electron chi connectivity index (χ2n) is 3.90. The number of hydrogen-bond acceptors (Lipinski definition) is 6. The van der Waals surface area contributed by atoms with Crippen LogP contribution in [0.3, 0.4) is 0 Å². The Morgan fingerprint density at radius 1 is 1.29 bits per heavy atom. The number of thiophene rings is 1. The molecule has 0 amide bonds. The summed E-state index contributed by atoms with van der Waals surface area (Å²) < 4.78 is 5.44. The first-order valence-corrected chi connectivity index (χ1v) is 6.17. The van der Waals surface area contributed by atoms with Crippen LogP contribution in [-0.4, -0.2) is 21.1 Å². The number of rotatable bonds is 3. The molecule has 2 aromatic heterocycles. The Balaban J connectivity index is 2.42. The van der Waals surface area contributed by atoms with Crippen molar-refractivity contribution in [3.63, 3.8) is 0 Å². The quantitative estimate of drug-likeness (QED) is 0.904. The fraction of sp³-hybridized carbons (Fsp3) is 0.364. The highest BCUT2D eigenvalue weighted by molar-refractivity contribution is 7.13. The van der Waals surface area contributed by atoms with Gasteiger partial charge in [-0.1, -0.05) is 0 Å². The van der Waals surface area contributed by atoms with Crippen LogP contribution in [-0.2, 0) is 0 Å². The van der Waals surface area contributed by atoms with E-state index < -0.39 is 0 Å². The van der Waals surface area contributed by atoms with Gasteiger partial charge in [-0.05, 0) is 37.8 Å². The summed E-state index contributed by atoms with van der Waals surface area (Å²) >= 11 is 1.58. The minimum Gasteiger partial charge on any atom is -0.461 e. The van der Waals surface area contributed by atoms with E-state index in [4.69, 9.17) is 10.5 Å². The van der Waals surface area contributed by atoms with Crippen molar-refractivity contribution in [3.05, 3.63) is 17.0 Å². The van der Waals surface area contributed by atoms with Crippen molar-refractivity contribution < 1.29 is 4.74 Å². The summed E-state index contributed by atoms with van der Waals surface area (Å²) in [6.45, 7) is 5.83. The molecule has 0 bridgehead atoms. The largest absolute Gasteiger partial charge is 0.461 e. The van der Waals surface area contributed by atoms with Crippen molar-refractivity contribution in [2.24, 2.45) is 0 Å². The van der Waals surface area contributed by atoms with Crippen molar-refractivity contribution in [1.29, 1.82) is 0 Å². The summed E-state index contributed by atoms with van der Waals surface area (Å²) in [4.78, 5) is 13.3. The Labute approximate surface area is 104 Å². The van der Waals surface area contributed by atoms with Crippen molar-refractivity contribution in [2.75, 3.05) is 5.73 Å². The van der Waals surface area contributed by atoms with Gasteiger partial charge in [-0.3, -0.25) is 0 Å². The van der Waals surface area contributed by atoms with E-state index in [-0.39, 0.29) is 18.1 Å². The predicted octanol–water partition coefficient (Wildman–Crippen LogP) is 2.28. The highest BCUT2D eigenvalue weighted by atomic mass is 32.1. The molecule has 0 atom stereocenters. The van der Waals surface area contributed by atoms with E-state index in [9.17, 15) is 0 Å². The number of nitrogens with zero attached hydrogens (tertiary/aromatic N) is 3. The van der Waals surface area contributed by atoms with Gasteiger partial charge in [0.2, 0.25) is 5.95 Å². The lowest BCUT2D eigenvalue weighted by Crippen LogP contribution is -2.11. The number of aryl methyl sites for hydroxylation is 1. The molecule has 0 aliphatic heterocycles. The maximum atomic E-state index is 5.65. The number of nitrogens with two attached hydrogens (primary N) is 1. The van der Waals surface area contributed by atoms with Crippen molar-refractivity contribution in [1.82, 2.24) is 15.0 Å². The molecule has 0 aromatic carbocycles. The van der Waals surface area contributed by atoms with Gasteiger partial charge < -0.3 is 10.5 Å². The topological polar surface area (TPSA) is 73.9 Å². The Kier molecular flexibility index (Phi) is 3.23. The molecule has 0 radical (unpaired) electrons. The maximum Gasteiger partial charge on any atom is 0.322 e. The lowest BCUT2D eigenvalue weighted by atomic mass is 10.3. The Morgan fingerprint density at radius 3 is 2.65 bits per heavy atom. The maximum absolute atomic E-state index is 5.65. The molecule has 0 unspecified atom stereocenters. The summed E-state index contributed by atoms with van der Waals surface area (Å²) in [5.41, 5.74) is 6.78. The molecule has 90 valence electrons. The predicted molar refractivity (Wildman–Crippen MR) is 68.1 cm³/mol. The number of hydrogen-bond donors (Lipinski definition) is 1. The van der Waals surface area contributed by atoms with Crippen LogP contribution in [0.4, 0.5) is 5.95 Å². The second kappa shape index (κ2) is 4.67. The first-order chi connectivity index (χ1) is 8.06. The molecule has 6 heteroatoms. The number of aromatic nitrogens is 3. The van der Waals surface area contributed by atoms with E-state index in [0.717, 1.165) is 10.4 Å². The van der Waals surface area contributed by atoms with E-state index >= 15 is 0 Å². The molecular formula is C11H14N4OS. The highest BCUT2D eigenvalue weighted by Gasteiger charge is 2.11. The smallest absolute Gasteiger partial charge is 0.322 e. The van der Waals surface area contributed by atoms with Crippen LogP contribution in [0.1, 0.15) is 19.4 Å². The fourth-order valence-electron chi connectivity index (χ4n) is 1.34. The van der Waals surface area contributed by atoms with E-state index in [2.05, 4.69) is 15.0 Å². The van der Waals surface area contributed by atoms with Crippen molar-refractivity contribution in [3.8, 4) is 16.7 Å². The summed E-state index contributed by atoms with van der Waals surface area (Å²) in [5, 5.41) is 1.99. The van der Waals surface area contributed by atoms with E-state index in [1.165, 1.54) is 0 Å². The minimum atomic E-state index is 0.00841. The first kappa shape index (κ1) is 11.8. The molecule has 5 nitrogen and oxygen atoms in total. The van der Waals surface area contributed by atoms with E-state index in [1.54, 1.807) is 11.3 Å². The molecule has 0 aliphatic carbocycles. The van der Waals surface area contributed by atoms with Gasteiger partial charge in [-0.15, -0.1) is 11.3 Å². The van der Waals surface area contributed by atoms with Crippen LogP contribution in [0.15, 0.2) is 11.4 Å². The molecule has 0 saturated carbocycles. The van der Waals surface area contributed by atoms with Gasteiger partial charge in [0.15, 0.2) is 5.82 Å². The monoisotopic (exact) mass is 250 g/mol. The van der Waals surface area contributed by atoms with E-state index in [1.807, 2.05) is 32.2 Å². The van der Waals surface area contributed by atoms with Crippen LogP contribution in [0.2, 0.25) is 0 Å². The molecule has 0 saturated heterocycles. The summed E-state index contributed by atoms with van der Waals surface area (Å²) in [6.07, 6.45) is 0.00841. The van der Waals surface area contributed by atoms with E-state index in [0.29, 0.717) is 5.82 Å². The molecule has 2 aromatic rings. The van der Waals surface area contributed by atoms with Crippen molar-refractivity contribution in [2.45, 2.75) is 26.9 Å². The summed E-state index contributed by atoms with van der Waals surface area (Å²) in [6, 6.07) is 2.29. The van der Waals surface area contributed by atoms with Crippen LogP contribution in [0.25, 0.3) is 10.7 Å². The lowest BCUT2D eigenvalue weighted by Gasteiger charge is -2.08. The summed E-state index contributed by atoms with van der Waals surface area (Å²) in [7, 11) is 0. The zero-order valence-corrected chi connectivity index (χ0v) is 10.8. The molecule has 17 heavy (non-hydrogen) atoms. The standard InChI is InChI=1S/C11H14N4OS/c1-6(2)16-11-14-9(13-10(12)15-11)8-7(3)4-5-17-8/h4-6H,1-3H3,(H2,12,13,14,15).